The van der Waals surface area contributed by atoms with Crippen molar-refractivity contribution in [2.45, 2.75) is 19.1 Å². The van der Waals surface area contributed by atoms with Crippen molar-refractivity contribution in [3.8, 4) is 11.5 Å². The molecule has 1 amide bonds. The summed E-state index contributed by atoms with van der Waals surface area (Å²) in [5.74, 6) is -0.817. The zero-order chi connectivity index (χ0) is 24.9. The monoisotopic (exact) mass is 477 g/mol. The van der Waals surface area contributed by atoms with E-state index in [9.17, 15) is 14.4 Å². The first-order chi connectivity index (χ1) is 17.0. The van der Waals surface area contributed by atoms with Crippen LogP contribution in [0, 0.1) is 0 Å². The Labute approximate surface area is 203 Å². The molecule has 0 fully saturated rings. The van der Waals surface area contributed by atoms with Crippen molar-refractivity contribution in [2.75, 3.05) is 20.3 Å². The number of carbonyl (C=O) groups excluding carboxylic acids is 3. The van der Waals surface area contributed by atoms with Gasteiger partial charge in [0.1, 0.15) is 24.1 Å². The average molecular weight is 478 g/mol. The fourth-order valence-electron chi connectivity index (χ4n) is 3.12. The lowest BCUT2D eigenvalue weighted by molar-refractivity contribution is -0.151. The summed E-state index contributed by atoms with van der Waals surface area (Å²) in [7, 11) is 1.24. The van der Waals surface area contributed by atoms with Crippen LogP contribution < -0.4 is 14.8 Å². The van der Waals surface area contributed by atoms with Crippen LogP contribution in [0.25, 0.3) is 0 Å². The molecule has 1 unspecified atom stereocenters. The van der Waals surface area contributed by atoms with Gasteiger partial charge in [0.05, 0.1) is 7.11 Å². The van der Waals surface area contributed by atoms with E-state index in [1.165, 1.54) is 7.11 Å². The van der Waals surface area contributed by atoms with Gasteiger partial charge in [0.15, 0.2) is 13.2 Å². The maximum atomic E-state index is 12.2. The number of nitrogens with one attached hydrogen (secondary N) is 1. The quantitative estimate of drug-likeness (QED) is 0.400. The maximum Gasteiger partial charge on any atom is 0.344 e. The Morgan fingerprint density at radius 3 is 1.91 bits per heavy atom. The van der Waals surface area contributed by atoms with Gasteiger partial charge in [-0.25, -0.2) is 9.59 Å². The van der Waals surface area contributed by atoms with Gasteiger partial charge in [-0.2, -0.15) is 0 Å². The molecule has 0 bridgehead atoms. The molecule has 182 valence electrons. The molecule has 8 nitrogen and oxygen atoms in total. The van der Waals surface area contributed by atoms with Crippen molar-refractivity contribution in [3.05, 3.63) is 96.1 Å². The molecule has 8 heteroatoms. The average Bonchev–Trinajstić information content (AvgIpc) is 2.90. The molecule has 0 spiro atoms. The molecule has 0 aliphatic rings. The van der Waals surface area contributed by atoms with Crippen molar-refractivity contribution in [2.24, 2.45) is 0 Å². The van der Waals surface area contributed by atoms with E-state index in [-0.39, 0.29) is 13.0 Å². The topological polar surface area (TPSA) is 100 Å². The molecule has 35 heavy (non-hydrogen) atoms. The standard InChI is InChI=1S/C27H27NO7/c1-32-27(31)24(16-20-8-4-2-5-9-20)28-25(29)18-35-26(30)19-34-23-14-12-22(13-15-23)33-17-21-10-6-3-7-11-21/h2-15,24H,16-19H2,1H3,(H,28,29). The highest BCUT2D eigenvalue weighted by atomic mass is 16.6. The molecule has 3 aromatic carbocycles. The number of carbonyl (C=O) groups is 3. The smallest absolute Gasteiger partial charge is 0.344 e. The summed E-state index contributed by atoms with van der Waals surface area (Å²) in [5.41, 5.74) is 1.91. The third kappa shape index (κ3) is 8.85. The van der Waals surface area contributed by atoms with Crippen LogP contribution in [0.1, 0.15) is 11.1 Å². The van der Waals surface area contributed by atoms with Crippen LogP contribution in [-0.4, -0.2) is 44.2 Å². The fourth-order valence-corrected chi connectivity index (χ4v) is 3.12. The highest BCUT2D eigenvalue weighted by Crippen LogP contribution is 2.18. The Morgan fingerprint density at radius 1 is 0.743 bits per heavy atom. The van der Waals surface area contributed by atoms with Gasteiger partial charge < -0.3 is 24.3 Å². The summed E-state index contributed by atoms with van der Waals surface area (Å²) in [6.07, 6.45) is 0.251. The van der Waals surface area contributed by atoms with Gasteiger partial charge in [-0.15, -0.1) is 0 Å². The number of rotatable bonds is 12. The summed E-state index contributed by atoms with van der Waals surface area (Å²) >= 11 is 0. The van der Waals surface area contributed by atoms with Crippen molar-refractivity contribution in [1.82, 2.24) is 5.32 Å². The Kier molecular flexibility index (Phi) is 9.68. The van der Waals surface area contributed by atoms with Gasteiger partial charge in [0.2, 0.25) is 0 Å². The van der Waals surface area contributed by atoms with Crippen LogP contribution in [0.5, 0.6) is 11.5 Å². The van der Waals surface area contributed by atoms with E-state index in [1.54, 1.807) is 24.3 Å². The molecule has 0 aliphatic carbocycles. The highest BCUT2D eigenvalue weighted by Gasteiger charge is 2.22. The molecule has 0 aromatic heterocycles. The first-order valence-corrected chi connectivity index (χ1v) is 11.0. The number of hydrogen-bond acceptors (Lipinski definition) is 7. The predicted molar refractivity (Wildman–Crippen MR) is 128 cm³/mol. The number of esters is 2. The van der Waals surface area contributed by atoms with Gasteiger partial charge >= 0.3 is 11.9 Å². The molecule has 0 heterocycles. The van der Waals surface area contributed by atoms with Crippen LogP contribution in [0.15, 0.2) is 84.9 Å². The van der Waals surface area contributed by atoms with E-state index in [2.05, 4.69) is 5.32 Å². The normalized spacial score (nSPS) is 11.1. The minimum absolute atomic E-state index is 0.251. The lowest BCUT2D eigenvalue weighted by Crippen LogP contribution is -2.44. The molecule has 0 saturated carbocycles. The zero-order valence-corrected chi connectivity index (χ0v) is 19.3. The highest BCUT2D eigenvalue weighted by molar-refractivity contribution is 5.86. The number of methoxy groups -OCH3 is 1. The zero-order valence-electron chi connectivity index (χ0n) is 19.3. The minimum Gasteiger partial charge on any atom is -0.489 e. The lowest BCUT2D eigenvalue weighted by atomic mass is 10.1. The van der Waals surface area contributed by atoms with Gasteiger partial charge in [0.25, 0.3) is 5.91 Å². The van der Waals surface area contributed by atoms with E-state index in [0.717, 1.165) is 11.1 Å². The third-order valence-electron chi connectivity index (χ3n) is 4.90. The number of benzene rings is 3. The second-order valence-electron chi connectivity index (χ2n) is 7.53. The molecular formula is C27H27NO7. The number of ether oxygens (including phenoxy) is 4. The Balaban J connectivity index is 1.38. The largest absolute Gasteiger partial charge is 0.489 e. The summed E-state index contributed by atoms with van der Waals surface area (Å²) in [6, 6.07) is 24.9. The van der Waals surface area contributed by atoms with Crippen molar-refractivity contribution in [3.63, 3.8) is 0 Å². The van der Waals surface area contributed by atoms with Crippen LogP contribution >= 0.6 is 0 Å². The summed E-state index contributed by atoms with van der Waals surface area (Å²) in [5, 5.41) is 2.53. The van der Waals surface area contributed by atoms with Crippen LogP contribution in [0.2, 0.25) is 0 Å². The van der Waals surface area contributed by atoms with Crippen molar-refractivity contribution >= 4 is 17.8 Å². The predicted octanol–water partition coefficient (Wildman–Crippen LogP) is 3.09. The van der Waals surface area contributed by atoms with E-state index < -0.39 is 30.5 Å². The number of hydrogen-bond donors (Lipinski definition) is 1. The van der Waals surface area contributed by atoms with Gasteiger partial charge in [0, 0.05) is 6.42 Å². The fraction of sp³-hybridized carbons (Fsp3) is 0.222. The summed E-state index contributed by atoms with van der Waals surface area (Å²) in [4.78, 5) is 36.2. The van der Waals surface area contributed by atoms with Gasteiger partial charge in [-0.05, 0) is 35.4 Å². The Morgan fingerprint density at radius 2 is 1.31 bits per heavy atom. The van der Waals surface area contributed by atoms with E-state index in [1.807, 2.05) is 60.7 Å². The van der Waals surface area contributed by atoms with Crippen molar-refractivity contribution in [1.29, 1.82) is 0 Å². The number of amides is 1. The van der Waals surface area contributed by atoms with E-state index >= 15 is 0 Å². The first-order valence-electron chi connectivity index (χ1n) is 11.0. The summed E-state index contributed by atoms with van der Waals surface area (Å²) in [6.45, 7) is -0.476. The Hall–Kier alpha value is -4.33. The van der Waals surface area contributed by atoms with Crippen LogP contribution in [0.4, 0.5) is 0 Å². The molecule has 3 aromatic rings. The molecule has 3 rings (SSSR count). The molecular weight excluding hydrogens is 450 g/mol. The van der Waals surface area contributed by atoms with E-state index in [4.69, 9.17) is 18.9 Å². The Bertz CT molecular complexity index is 1090. The minimum atomic E-state index is -0.896. The second-order valence-corrected chi connectivity index (χ2v) is 7.53. The maximum absolute atomic E-state index is 12.2. The first kappa shape index (κ1) is 25.3. The molecule has 0 radical (unpaired) electrons. The van der Waals surface area contributed by atoms with Crippen LogP contribution in [0.3, 0.4) is 0 Å². The third-order valence-corrected chi connectivity index (χ3v) is 4.90. The summed E-state index contributed by atoms with van der Waals surface area (Å²) < 4.78 is 20.8. The van der Waals surface area contributed by atoms with E-state index in [0.29, 0.717) is 18.1 Å². The lowest BCUT2D eigenvalue weighted by Gasteiger charge is -2.16. The molecule has 1 atom stereocenters. The molecule has 0 saturated heterocycles. The van der Waals surface area contributed by atoms with Gasteiger partial charge in [-0.3, -0.25) is 4.79 Å². The molecule has 1 N–H and O–H groups in total. The SMILES string of the molecule is COC(=O)C(Cc1ccccc1)NC(=O)COC(=O)COc1ccc(OCc2ccccc2)cc1. The van der Waals surface area contributed by atoms with Crippen molar-refractivity contribution < 1.29 is 33.3 Å². The second kappa shape index (κ2) is 13.4. The van der Waals surface area contributed by atoms with Crippen LogP contribution in [-0.2, 0) is 36.9 Å². The molecule has 0 aliphatic heterocycles. The van der Waals surface area contributed by atoms with Gasteiger partial charge in [-0.1, -0.05) is 60.7 Å².